The summed E-state index contributed by atoms with van der Waals surface area (Å²) in [7, 11) is 0. The molecule has 1 aliphatic rings. The summed E-state index contributed by atoms with van der Waals surface area (Å²) in [4.78, 5) is 14.6. The second-order valence-electron chi connectivity index (χ2n) is 4.68. The van der Waals surface area contributed by atoms with E-state index in [4.69, 9.17) is 4.74 Å². The van der Waals surface area contributed by atoms with E-state index < -0.39 is 0 Å². The van der Waals surface area contributed by atoms with Gasteiger partial charge < -0.3 is 9.72 Å². The first-order chi connectivity index (χ1) is 8.74. The van der Waals surface area contributed by atoms with E-state index in [1.165, 1.54) is 5.56 Å². The largest absolute Gasteiger partial charge is 0.376 e. The normalized spacial score (nSPS) is 14.3. The van der Waals surface area contributed by atoms with Gasteiger partial charge in [0, 0.05) is 11.6 Å². The molecular weight excluding hydrogens is 226 g/mol. The minimum atomic E-state index is -0.0359. The number of rotatable bonds is 1. The van der Waals surface area contributed by atoms with Crippen LogP contribution in [0.25, 0.3) is 11.3 Å². The molecule has 0 fully saturated rings. The van der Waals surface area contributed by atoms with E-state index in [9.17, 15) is 4.79 Å². The minimum absolute atomic E-state index is 0.0359. The van der Waals surface area contributed by atoms with Crippen molar-refractivity contribution in [3.63, 3.8) is 0 Å². The van der Waals surface area contributed by atoms with E-state index in [1.807, 2.05) is 12.1 Å². The molecule has 0 aliphatic carbocycles. The molecule has 3 nitrogen and oxygen atoms in total. The lowest BCUT2D eigenvalue weighted by Gasteiger charge is -2.19. The first-order valence-corrected chi connectivity index (χ1v) is 6.14. The zero-order valence-corrected chi connectivity index (χ0v) is 10.3. The van der Waals surface area contributed by atoms with Crippen LogP contribution in [0.1, 0.15) is 16.7 Å². The van der Waals surface area contributed by atoms with E-state index >= 15 is 0 Å². The smallest absolute Gasteiger partial charge is 0.248 e. The Morgan fingerprint density at radius 3 is 2.78 bits per heavy atom. The molecule has 3 heteroatoms. The molecule has 0 spiro atoms. The van der Waals surface area contributed by atoms with Gasteiger partial charge in [-0.3, -0.25) is 4.79 Å². The average Bonchev–Trinajstić information content (AvgIpc) is 2.38. The Morgan fingerprint density at radius 1 is 1.22 bits per heavy atom. The number of hydrogen-bond acceptors (Lipinski definition) is 2. The Hall–Kier alpha value is -1.87. The van der Waals surface area contributed by atoms with Crippen molar-refractivity contribution in [1.82, 2.24) is 4.98 Å². The molecule has 0 saturated heterocycles. The van der Waals surface area contributed by atoms with Crippen molar-refractivity contribution in [3.8, 4) is 11.3 Å². The van der Waals surface area contributed by atoms with Crippen LogP contribution < -0.4 is 5.56 Å². The molecule has 1 aromatic carbocycles. The lowest BCUT2D eigenvalue weighted by molar-refractivity contribution is 0.111. The molecule has 92 valence electrons. The number of aromatic nitrogens is 1. The van der Waals surface area contributed by atoms with Crippen molar-refractivity contribution >= 4 is 0 Å². The van der Waals surface area contributed by atoms with Crippen molar-refractivity contribution in [2.75, 3.05) is 6.61 Å². The average molecular weight is 241 g/mol. The number of fused-ring (bicyclic) bond motifs is 1. The monoisotopic (exact) mass is 241 g/mol. The topological polar surface area (TPSA) is 42.1 Å². The van der Waals surface area contributed by atoms with E-state index in [-0.39, 0.29) is 5.56 Å². The Balaban J connectivity index is 2.19. The van der Waals surface area contributed by atoms with Gasteiger partial charge in [0.2, 0.25) is 5.56 Å². The molecule has 1 aromatic heterocycles. The molecule has 0 amide bonds. The van der Waals surface area contributed by atoms with Gasteiger partial charge in [0.05, 0.1) is 18.9 Å². The van der Waals surface area contributed by atoms with Gasteiger partial charge in [-0.15, -0.1) is 0 Å². The number of aromatic amines is 1. The van der Waals surface area contributed by atoms with Gasteiger partial charge in [-0.05, 0) is 24.5 Å². The van der Waals surface area contributed by atoms with Gasteiger partial charge in [-0.1, -0.05) is 29.8 Å². The molecule has 0 bridgehead atoms. The first kappa shape index (κ1) is 11.2. The maximum Gasteiger partial charge on any atom is 0.248 e. The van der Waals surface area contributed by atoms with E-state index in [0.29, 0.717) is 13.2 Å². The lowest BCUT2D eigenvalue weighted by Crippen LogP contribution is -2.18. The van der Waals surface area contributed by atoms with Crippen molar-refractivity contribution in [1.29, 1.82) is 0 Å². The number of ether oxygens (including phenoxy) is 1. The van der Waals surface area contributed by atoms with Crippen LogP contribution in [-0.2, 0) is 17.8 Å². The first-order valence-electron chi connectivity index (χ1n) is 6.14. The van der Waals surface area contributed by atoms with Crippen LogP contribution in [0.5, 0.6) is 0 Å². The number of nitrogens with one attached hydrogen (secondary N) is 1. The van der Waals surface area contributed by atoms with Crippen molar-refractivity contribution in [2.45, 2.75) is 20.0 Å². The molecule has 1 N–H and O–H groups in total. The third-order valence-corrected chi connectivity index (χ3v) is 3.35. The van der Waals surface area contributed by atoms with E-state index in [1.54, 1.807) is 6.07 Å². The quantitative estimate of drug-likeness (QED) is 0.833. The van der Waals surface area contributed by atoms with E-state index in [2.05, 4.69) is 24.0 Å². The maximum absolute atomic E-state index is 11.7. The summed E-state index contributed by atoms with van der Waals surface area (Å²) in [5.41, 5.74) is 5.34. The van der Waals surface area contributed by atoms with Crippen molar-refractivity contribution in [3.05, 3.63) is 57.4 Å². The van der Waals surface area contributed by atoms with Crippen LogP contribution in [0.15, 0.2) is 35.1 Å². The third kappa shape index (κ3) is 1.97. The molecule has 0 radical (unpaired) electrons. The second-order valence-corrected chi connectivity index (χ2v) is 4.68. The van der Waals surface area contributed by atoms with Crippen molar-refractivity contribution < 1.29 is 4.74 Å². The van der Waals surface area contributed by atoms with Gasteiger partial charge >= 0.3 is 0 Å². The van der Waals surface area contributed by atoms with Crippen LogP contribution in [-0.4, -0.2) is 11.6 Å². The highest BCUT2D eigenvalue weighted by Gasteiger charge is 2.16. The van der Waals surface area contributed by atoms with Crippen molar-refractivity contribution in [2.24, 2.45) is 0 Å². The maximum atomic E-state index is 11.7. The fourth-order valence-electron chi connectivity index (χ4n) is 2.35. The van der Waals surface area contributed by atoms with Crippen LogP contribution >= 0.6 is 0 Å². The molecule has 0 unspecified atom stereocenters. The summed E-state index contributed by atoms with van der Waals surface area (Å²) in [6, 6.07) is 9.87. The standard InChI is InChI=1S/C15H15NO2/c1-10-2-4-11(5-3-10)15-13-9-18-7-6-12(13)8-14(17)16-15/h2-5,8H,6-7,9H2,1H3,(H,16,17). The van der Waals surface area contributed by atoms with Gasteiger partial charge in [-0.25, -0.2) is 0 Å². The number of H-pyrrole nitrogens is 1. The number of hydrogen-bond donors (Lipinski definition) is 1. The highest BCUT2D eigenvalue weighted by atomic mass is 16.5. The fourth-order valence-corrected chi connectivity index (χ4v) is 2.35. The summed E-state index contributed by atoms with van der Waals surface area (Å²) < 4.78 is 5.50. The number of pyridine rings is 1. The molecular formula is C15H15NO2. The number of aryl methyl sites for hydroxylation is 1. The molecule has 1 aliphatic heterocycles. The van der Waals surface area contributed by atoms with Crippen LogP contribution in [0.2, 0.25) is 0 Å². The third-order valence-electron chi connectivity index (χ3n) is 3.35. The highest BCUT2D eigenvalue weighted by Crippen LogP contribution is 2.26. The Bertz CT molecular complexity index is 626. The minimum Gasteiger partial charge on any atom is -0.376 e. The molecule has 2 heterocycles. The summed E-state index contributed by atoms with van der Waals surface area (Å²) in [5, 5.41) is 0. The summed E-state index contributed by atoms with van der Waals surface area (Å²) in [6.07, 6.45) is 0.818. The number of benzene rings is 1. The zero-order chi connectivity index (χ0) is 12.5. The second kappa shape index (κ2) is 4.42. The predicted molar refractivity (Wildman–Crippen MR) is 70.6 cm³/mol. The highest BCUT2D eigenvalue weighted by molar-refractivity contribution is 5.64. The fraction of sp³-hybridized carbons (Fsp3) is 0.267. The van der Waals surface area contributed by atoms with Crippen LogP contribution in [0, 0.1) is 6.92 Å². The Kier molecular flexibility index (Phi) is 2.76. The molecule has 0 saturated carbocycles. The van der Waals surface area contributed by atoms with Gasteiger partial charge in [0.25, 0.3) is 0 Å². The zero-order valence-electron chi connectivity index (χ0n) is 10.3. The van der Waals surface area contributed by atoms with Crippen LogP contribution in [0.4, 0.5) is 0 Å². The molecule has 3 rings (SSSR count). The summed E-state index contributed by atoms with van der Waals surface area (Å²) >= 11 is 0. The summed E-state index contributed by atoms with van der Waals surface area (Å²) in [5.74, 6) is 0. The Labute approximate surface area is 105 Å². The van der Waals surface area contributed by atoms with Crippen LogP contribution in [0.3, 0.4) is 0 Å². The predicted octanol–water partition coefficient (Wildman–Crippen LogP) is 2.42. The van der Waals surface area contributed by atoms with Gasteiger partial charge in [0.15, 0.2) is 0 Å². The van der Waals surface area contributed by atoms with E-state index in [0.717, 1.165) is 28.8 Å². The molecule has 2 aromatic rings. The Morgan fingerprint density at radius 2 is 2.00 bits per heavy atom. The molecule has 18 heavy (non-hydrogen) atoms. The lowest BCUT2D eigenvalue weighted by atomic mass is 9.98. The van der Waals surface area contributed by atoms with Gasteiger partial charge in [-0.2, -0.15) is 0 Å². The molecule has 0 atom stereocenters. The van der Waals surface area contributed by atoms with Gasteiger partial charge in [0.1, 0.15) is 0 Å². The summed E-state index contributed by atoms with van der Waals surface area (Å²) in [6.45, 7) is 3.33. The SMILES string of the molecule is Cc1ccc(-c2[nH]c(=O)cc3c2COCC3)cc1.